The summed E-state index contributed by atoms with van der Waals surface area (Å²) in [5.41, 5.74) is 2.06. The molecule has 1 N–H and O–H groups in total. The largest absolute Gasteiger partial charge is 0.478 e. The molecular formula is C16H20BrNO2. The summed E-state index contributed by atoms with van der Waals surface area (Å²) in [5, 5.41) is 8.82. The first-order valence-electron chi connectivity index (χ1n) is 6.94. The van der Waals surface area contributed by atoms with Gasteiger partial charge in [-0.3, -0.25) is 0 Å². The Morgan fingerprint density at radius 2 is 2.20 bits per heavy atom. The second-order valence-corrected chi connectivity index (χ2v) is 6.46. The maximum atomic E-state index is 10.7. The van der Waals surface area contributed by atoms with Gasteiger partial charge in [-0.25, -0.2) is 4.79 Å². The normalized spacial score (nSPS) is 23.2. The van der Waals surface area contributed by atoms with Crippen molar-refractivity contribution in [1.82, 2.24) is 0 Å². The zero-order valence-corrected chi connectivity index (χ0v) is 13.4. The van der Waals surface area contributed by atoms with Crippen LogP contribution in [0.2, 0.25) is 0 Å². The first-order chi connectivity index (χ1) is 9.47. The van der Waals surface area contributed by atoms with E-state index in [1.165, 1.54) is 18.9 Å². The van der Waals surface area contributed by atoms with Crippen LogP contribution < -0.4 is 4.90 Å². The Kier molecular flexibility index (Phi) is 4.86. The Morgan fingerprint density at radius 3 is 2.85 bits per heavy atom. The van der Waals surface area contributed by atoms with E-state index in [0.717, 1.165) is 28.2 Å². The number of carboxylic acids is 1. The van der Waals surface area contributed by atoms with Gasteiger partial charge in [-0.15, -0.1) is 0 Å². The van der Waals surface area contributed by atoms with Gasteiger partial charge in [-0.05, 0) is 55.5 Å². The number of rotatable bonds is 3. The minimum atomic E-state index is -0.920. The summed E-state index contributed by atoms with van der Waals surface area (Å²) >= 11 is 3.45. The van der Waals surface area contributed by atoms with E-state index in [2.05, 4.69) is 40.7 Å². The standard InChI is InChI=1S/C16H20BrNO2/c1-11-7-8-18(12(2)9-11)15-5-4-14(17)10-13(15)3-6-16(19)20/h3-6,10-12H,7-9H2,1-2H3,(H,19,20)/b6-3+. The van der Waals surface area contributed by atoms with Crippen LogP contribution >= 0.6 is 15.9 Å². The first-order valence-corrected chi connectivity index (χ1v) is 7.74. The molecule has 1 aliphatic heterocycles. The van der Waals surface area contributed by atoms with Gasteiger partial charge in [0.2, 0.25) is 0 Å². The summed E-state index contributed by atoms with van der Waals surface area (Å²) in [7, 11) is 0. The van der Waals surface area contributed by atoms with E-state index in [4.69, 9.17) is 5.11 Å². The molecule has 0 amide bonds. The molecule has 1 saturated heterocycles. The highest BCUT2D eigenvalue weighted by Crippen LogP contribution is 2.32. The molecule has 1 heterocycles. The fraction of sp³-hybridized carbons (Fsp3) is 0.438. The lowest BCUT2D eigenvalue weighted by atomic mass is 9.92. The SMILES string of the molecule is CC1CCN(c2ccc(Br)cc2/C=C/C(=O)O)C(C)C1. The predicted octanol–water partition coefficient (Wildman–Crippen LogP) is 4.17. The number of nitrogens with zero attached hydrogens (tertiary/aromatic N) is 1. The molecule has 2 rings (SSSR count). The monoisotopic (exact) mass is 337 g/mol. The second-order valence-electron chi connectivity index (χ2n) is 5.55. The zero-order valence-electron chi connectivity index (χ0n) is 11.8. The zero-order chi connectivity index (χ0) is 14.7. The quantitative estimate of drug-likeness (QED) is 0.841. The van der Waals surface area contributed by atoms with Crippen molar-refractivity contribution in [2.75, 3.05) is 11.4 Å². The van der Waals surface area contributed by atoms with Crippen LogP contribution in [0.15, 0.2) is 28.7 Å². The van der Waals surface area contributed by atoms with Gasteiger partial charge < -0.3 is 10.0 Å². The third kappa shape index (κ3) is 3.63. The summed E-state index contributed by atoms with van der Waals surface area (Å²) < 4.78 is 0.962. The number of hydrogen-bond acceptors (Lipinski definition) is 2. The Bertz CT molecular complexity index is 527. The van der Waals surface area contributed by atoms with E-state index >= 15 is 0 Å². The van der Waals surface area contributed by atoms with E-state index in [1.807, 2.05) is 12.1 Å². The molecule has 0 aromatic heterocycles. The van der Waals surface area contributed by atoms with Crippen molar-refractivity contribution in [2.24, 2.45) is 5.92 Å². The molecular weight excluding hydrogens is 318 g/mol. The maximum absolute atomic E-state index is 10.7. The minimum absolute atomic E-state index is 0.483. The predicted molar refractivity (Wildman–Crippen MR) is 86.0 cm³/mol. The van der Waals surface area contributed by atoms with Gasteiger partial charge in [0.1, 0.15) is 0 Å². The molecule has 1 aliphatic rings. The molecule has 4 heteroatoms. The third-order valence-electron chi connectivity index (χ3n) is 3.84. The molecule has 108 valence electrons. The molecule has 3 nitrogen and oxygen atoms in total. The van der Waals surface area contributed by atoms with Crippen LogP contribution in [-0.2, 0) is 4.79 Å². The van der Waals surface area contributed by atoms with E-state index in [0.29, 0.717) is 6.04 Å². The van der Waals surface area contributed by atoms with Crippen molar-refractivity contribution >= 4 is 33.7 Å². The Labute approximate surface area is 128 Å². The lowest BCUT2D eigenvalue weighted by Gasteiger charge is -2.39. The van der Waals surface area contributed by atoms with Crippen LogP contribution in [0.25, 0.3) is 6.08 Å². The molecule has 0 bridgehead atoms. The van der Waals surface area contributed by atoms with E-state index in [-0.39, 0.29) is 0 Å². The lowest BCUT2D eigenvalue weighted by molar-refractivity contribution is -0.131. The molecule has 2 unspecified atom stereocenters. The van der Waals surface area contributed by atoms with Crippen molar-refractivity contribution < 1.29 is 9.90 Å². The molecule has 0 spiro atoms. The molecule has 2 atom stereocenters. The average Bonchev–Trinajstić information content (AvgIpc) is 2.37. The summed E-state index contributed by atoms with van der Waals surface area (Å²) in [5.74, 6) is -0.161. The smallest absolute Gasteiger partial charge is 0.328 e. The summed E-state index contributed by atoms with van der Waals surface area (Å²) in [6, 6.07) is 6.53. The third-order valence-corrected chi connectivity index (χ3v) is 4.34. The van der Waals surface area contributed by atoms with Crippen molar-refractivity contribution in [3.63, 3.8) is 0 Å². The fourth-order valence-electron chi connectivity index (χ4n) is 2.85. The summed E-state index contributed by atoms with van der Waals surface area (Å²) in [6.45, 7) is 5.56. The van der Waals surface area contributed by atoms with Gasteiger partial charge in [-0.1, -0.05) is 22.9 Å². The van der Waals surface area contributed by atoms with Crippen LogP contribution in [0.3, 0.4) is 0 Å². The Hall–Kier alpha value is -1.29. The topological polar surface area (TPSA) is 40.5 Å². The van der Waals surface area contributed by atoms with Crippen LogP contribution in [0.5, 0.6) is 0 Å². The number of piperidine rings is 1. The Morgan fingerprint density at radius 1 is 1.45 bits per heavy atom. The highest BCUT2D eigenvalue weighted by Gasteiger charge is 2.24. The fourth-order valence-corrected chi connectivity index (χ4v) is 3.23. The number of benzene rings is 1. The van der Waals surface area contributed by atoms with Crippen LogP contribution in [0, 0.1) is 5.92 Å². The molecule has 1 aromatic carbocycles. The number of anilines is 1. The van der Waals surface area contributed by atoms with Crippen LogP contribution in [0.1, 0.15) is 32.3 Å². The van der Waals surface area contributed by atoms with Crippen molar-refractivity contribution in [1.29, 1.82) is 0 Å². The van der Waals surface area contributed by atoms with Gasteiger partial charge >= 0.3 is 5.97 Å². The average molecular weight is 338 g/mol. The summed E-state index contributed by atoms with van der Waals surface area (Å²) in [6.07, 6.45) is 5.23. The molecule has 1 fully saturated rings. The van der Waals surface area contributed by atoms with Crippen molar-refractivity contribution in [3.05, 3.63) is 34.3 Å². The molecule has 0 radical (unpaired) electrons. The maximum Gasteiger partial charge on any atom is 0.328 e. The highest BCUT2D eigenvalue weighted by molar-refractivity contribution is 9.10. The van der Waals surface area contributed by atoms with E-state index < -0.39 is 5.97 Å². The first kappa shape index (κ1) is 15.1. The van der Waals surface area contributed by atoms with Gasteiger partial charge in [0.15, 0.2) is 0 Å². The molecule has 0 aliphatic carbocycles. The van der Waals surface area contributed by atoms with E-state index in [1.54, 1.807) is 6.08 Å². The van der Waals surface area contributed by atoms with Gasteiger partial charge in [-0.2, -0.15) is 0 Å². The summed E-state index contributed by atoms with van der Waals surface area (Å²) in [4.78, 5) is 13.1. The lowest BCUT2D eigenvalue weighted by Crippen LogP contribution is -2.40. The molecule has 0 saturated carbocycles. The van der Waals surface area contributed by atoms with Crippen molar-refractivity contribution in [3.8, 4) is 0 Å². The number of hydrogen-bond donors (Lipinski definition) is 1. The number of aliphatic carboxylic acids is 1. The molecule has 20 heavy (non-hydrogen) atoms. The number of carbonyl (C=O) groups is 1. The van der Waals surface area contributed by atoms with Crippen molar-refractivity contribution in [2.45, 2.75) is 32.7 Å². The van der Waals surface area contributed by atoms with E-state index in [9.17, 15) is 4.79 Å². The highest BCUT2D eigenvalue weighted by atomic mass is 79.9. The van der Waals surface area contributed by atoms with Crippen LogP contribution in [-0.4, -0.2) is 23.7 Å². The van der Waals surface area contributed by atoms with Crippen LogP contribution in [0.4, 0.5) is 5.69 Å². The Balaban J connectivity index is 2.33. The number of halogens is 1. The second kappa shape index (κ2) is 6.44. The van der Waals surface area contributed by atoms with Gasteiger partial charge in [0, 0.05) is 28.8 Å². The number of carboxylic acid groups (broad SMARTS) is 1. The van der Waals surface area contributed by atoms with Gasteiger partial charge in [0.25, 0.3) is 0 Å². The van der Waals surface area contributed by atoms with Gasteiger partial charge in [0.05, 0.1) is 0 Å². The minimum Gasteiger partial charge on any atom is -0.478 e. The molecule has 1 aromatic rings.